The Labute approximate surface area is 116 Å². The van der Waals surface area contributed by atoms with Crippen molar-refractivity contribution in [2.24, 2.45) is 0 Å². The summed E-state index contributed by atoms with van der Waals surface area (Å²) in [6.45, 7) is -0.0721. The second kappa shape index (κ2) is 5.90. The van der Waals surface area contributed by atoms with Crippen molar-refractivity contribution in [2.75, 3.05) is 6.54 Å². The number of halogens is 1. The number of furan rings is 1. The maximum Gasteiger partial charge on any atom is 0.244 e. The topological polar surface area (TPSA) is 50.5 Å². The minimum atomic E-state index is -3.79. The van der Waals surface area contributed by atoms with Crippen LogP contribution in [-0.2, 0) is 16.6 Å². The summed E-state index contributed by atoms with van der Waals surface area (Å²) < 4.78 is 43.9. The van der Waals surface area contributed by atoms with Crippen LogP contribution in [0, 0.1) is 18.2 Å². The van der Waals surface area contributed by atoms with Gasteiger partial charge in [0.15, 0.2) is 0 Å². The van der Waals surface area contributed by atoms with E-state index in [1.807, 2.05) is 0 Å². The van der Waals surface area contributed by atoms with Crippen LogP contribution in [-0.4, -0.2) is 19.3 Å². The summed E-state index contributed by atoms with van der Waals surface area (Å²) in [5.41, 5.74) is 0. The van der Waals surface area contributed by atoms with Crippen molar-refractivity contribution >= 4 is 10.0 Å². The second-order valence-electron chi connectivity index (χ2n) is 4.01. The zero-order valence-corrected chi connectivity index (χ0v) is 11.3. The molecule has 0 aliphatic carbocycles. The summed E-state index contributed by atoms with van der Waals surface area (Å²) in [7, 11) is -3.79. The molecule has 2 rings (SSSR count). The van der Waals surface area contributed by atoms with Gasteiger partial charge in [0.05, 0.1) is 24.2 Å². The van der Waals surface area contributed by atoms with Crippen LogP contribution in [0.4, 0.5) is 4.39 Å². The Kier molecular flexibility index (Phi) is 4.23. The summed E-state index contributed by atoms with van der Waals surface area (Å²) in [4.78, 5) is -0.0132. The molecule has 0 saturated carbocycles. The first-order chi connectivity index (χ1) is 9.54. The molecule has 0 amide bonds. The van der Waals surface area contributed by atoms with Crippen molar-refractivity contribution in [3.8, 4) is 12.3 Å². The highest BCUT2D eigenvalue weighted by Crippen LogP contribution is 2.18. The van der Waals surface area contributed by atoms with Crippen LogP contribution in [0.5, 0.6) is 0 Å². The number of hydrogen-bond acceptors (Lipinski definition) is 3. The van der Waals surface area contributed by atoms with Crippen molar-refractivity contribution in [1.29, 1.82) is 0 Å². The van der Waals surface area contributed by atoms with E-state index in [0.29, 0.717) is 5.76 Å². The van der Waals surface area contributed by atoms with Gasteiger partial charge in [0.25, 0.3) is 0 Å². The zero-order valence-electron chi connectivity index (χ0n) is 10.5. The van der Waals surface area contributed by atoms with Crippen molar-refractivity contribution in [3.63, 3.8) is 0 Å². The van der Waals surface area contributed by atoms with Crippen molar-refractivity contribution < 1.29 is 17.2 Å². The summed E-state index contributed by atoms with van der Waals surface area (Å²) >= 11 is 0. The summed E-state index contributed by atoms with van der Waals surface area (Å²) in [5, 5.41) is 0. The van der Waals surface area contributed by atoms with E-state index >= 15 is 0 Å². The molecule has 0 aliphatic rings. The van der Waals surface area contributed by atoms with Crippen molar-refractivity contribution in [3.05, 3.63) is 54.2 Å². The molecule has 1 aromatic carbocycles. The fourth-order valence-corrected chi connectivity index (χ4v) is 2.98. The largest absolute Gasteiger partial charge is 0.468 e. The Balaban J connectivity index is 2.32. The van der Waals surface area contributed by atoms with Gasteiger partial charge in [0.1, 0.15) is 11.6 Å². The number of nitrogens with zero attached hydrogens (tertiary/aromatic N) is 1. The van der Waals surface area contributed by atoms with E-state index in [4.69, 9.17) is 10.8 Å². The molecule has 0 bridgehead atoms. The normalized spacial score (nSPS) is 11.4. The number of benzene rings is 1. The van der Waals surface area contributed by atoms with E-state index in [1.54, 1.807) is 12.1 Å². The average molecular weight is 293 g/mol. The lowest BCUT2D eigenvalue weighted by Crippen LogP contribution is -2.30. The minimum absolute atomic E-state index is 0.0132. The highest BCUT2D eigenvalue weighted by molar-refractivity contribution is 7.89. The van der Waals surface area contributed by atoms with Gasteiger partial charge < -0.3 is 4.42 Å². The van der Waals surface area contributed by atoms with Gasteiger partial charge in [0, 0.05) is 0 Å². The summed E-state index contributed by atoms with van der Waals surface area (Å²) in [6.07, 6.45) is 6.66. The molecule has 20 heavy (non-hydrogen) atoms. The van der Waals surface area contributed by atoms with E-state index in [-0.39, 0.29) is 18.0 Å². The van der Waals surface area contributed by atoms with Crippen molar-refractivity contribution in [2.45, 2.75) is 11.4 Å². The van der Waals surface area contributed by atoms with E-state index in [0.717, 1.165) is 16.4 Å². The van der Waals surface area contributed by atoms with Crippen LogP contribution >= 0.6 is 0 Å². The SMILES string of the molecule is C#CCN(Cc1ccco1)S(=O)(=O)c1ccc(F)cc1. The van der Waals surface area contributed by atoms with E-state index < -0.39 is 15.8 Å². The van der Waals surface area contributed by atoms with Crippen LogP contribution in [0.25, 0.3) is 0 Å². The van der Waals surface area contributed by atoms with Gasteiger partial charge in [-0.15, -0.1) is 6.42 Å². The van der Waals surface area contributed by atoms with Crippen LogP contribution in [0.15, 0.2) is 52.0 Å². The molecule has 0 saturated heterocycles. The number of hydrogen-bond donors (Lipinski definition) is 0. The van der Waals surface area contributed by atoms with Gasteiger partial charge in [-0.3, -0.25) is 0 Å². The van der Waals surface area contributed by atoms with Crippen molar-refractivity contribution in [1.82, 2.24) is 4.31 Å². The highest BCUT2D eigenvalue weighted by atomic mass is 32.2. The van der Waals surface area contributed by atoms with Crippen LogP contribution in [0.1, 0.15) is 5.76 Å². The van der Waals surface area contributed by atoms with Gasteiger partial charge in [-0.05, 0) is 36.4 Å². The Hall–Kier alpha value is -2.10. The third kappa shape index (κ3) is 3.07. The second-order valence-corrected chi connectivity index (χ2v) is 5.95. The van der Waals surface area contributed by atoms with Crippen LogP contribution in [0.2, 0.25) is 0 Å². The Morgan fingerprint density at radius 3 is 2.50 bits per heavy atom. The molecule has 0 atom stereocenters. The first-order valence-electron chi connectivity index (χ1n) is 5.75. The molecule has 1 heterocycles. The fourth-order valence-electron chi connectivity index (χ4n) is 1.66. The lowest BCUT2D eigenvalue weighted by molar-refractivity contribution is 0.389. The lowest BCUT2D eigenvalue weighted by Gasteiger charge is -2.18. The lowest BCUT2D eigenvalue weighted by atomic mass is 10.4. The number of rotatable bonds is 5. The smallest absolute Gasteiger partial charge is 0.244 e. The van der Waals surface area contributed by atoms with Gasteiger partial charge >= 0.3 is 0 Å². The summed E-state index contributed by atoms with van der Waals surface area (Å²) in [5.74, 6) is 2.27. The molecule has 0 unspecified atom stereocenters. The van der Waals surface area contributed by atoms with E-state index in [1.165, 1.54) is 18.4 Å². The van der Waals surface area contributed by atoms with Crippen LogP contribution in [0.3, 0.4) is 0 Å². The zero-order chi connectivity index (χ0) is 14.6. The molecule has 6 heteroatoms. The van der Waals surface area contributed by atoms with Gasteiger partial charge in [-0.1, -0.05) is 5.92 Å². The number of sulfonamides is 1. The highest BCUT2D eigenvalue weighted by Gasteiger charge is 2.24. The molecule has 0 spiro atoms. The third-order valence-corrected chi connectivity index (χ3v) is 4.44. The molecular formula is C14H12FNO3S. The third-order valence-electron chi connectivity index (χ3n) is 2.63. The summed E-state index contributed by atoms with van der Waals surface area (Å²) in [6, 6.07) is 7.91. The molecular weight excluding hydrogens is 281 g/mol. The average Bonchev–Trinajstić information content (AvgIpc) is 2.92. The minimum Gasteiger partial charge on any atom is -0.468 e. The first-order valence-corrected chi connectivity index (χ1v) is 7.19. The molecule has 104 valence electrons. The van der Waals surface area contributed by atoms with E-state index in [2.05, 4.69) is 5.92 Å². The molecule has 0 fully saturated rings. The predicted molar refractivity (Wildman–Crippen MR) is 71.5 cm³/mol. The Bertz CT molecular complexity index is 700. The number of terminal acetylenes is 1. The predicted octanol–water partition coefficient (Wildman–Crippen LogP) is 2.24. The molecule has 4 nitrogen and oxygen atoms in total. The standard InChI is InChI=1S/C14H12FNO3S/c1-2-9-16(11-13-4-3-10-19-13)20(17,18)14-7-5-12(15)6-8-14/h1,3-8,10H,9,11H2. The monoisotopic (exact) mass is 293 g/mol. The maximum atomic E-state index is 12.9. The molecule has 2 aromatic rings. The van der Waals surface area contributed by atoms with Crippen LogP contribution < -0.4 is 0 Å². The first kappa shape index (κ1) is 14.3. The Morgan fingerprint density at radius 2 is 1.95 bits per heavy atom. The maximum absolute atomic E-state index is 12.9. The van der Waals surface area contributed by atoms with Gasteiger partial charge in [0.2, 0.25) is 10.0 Å². The molecule has 0 N–H and O–H groups in total. The fraction of sp³-hybridized carbons (Fsp3) is 0.143. The molecule has 1 aromatic heterocycles. The molecule has 0 radical (unpaired) electrons. The Morgan fingerprint density at radius 1 is 1.25 bits per heavy atom. The van der Waals surface area contributed by atoms with Gasteiger partial charge in [-0.25, -0.2) is 12.8 Å². The van der Waals surface area contributed by atoms with E-state index in [9.17, 15) is 12.8 Å². The quantitative estimate of drug-likeness (QED) is 0.794. The molecule has 0 aliphatic heterocycles. The van der Waals surface area contributed by atoms with Gasteiger partial charge in [-0.2, -0.15) is 4.31 Å².